The fourth-order valence-electron chi connectivity index (χ4n) is 1.53. The molecule has 0 aliphatic heterocycles. The number of hydrogen-bond acceptors (Lipinski definition) is 4. The molecule has 0 aliphatic rings. The maximum absolute atomic E-state index is 11.7. The molecule has 0 fully saturated rings. The van der Waals surface area contributed by atoms with E-state index in [1.54, 1.807) is 58.2 Å². The molecule has 0 saturated heterocycles. The average Bonchev–Trinajstić information content (AvgIpc) is 2.34. The number of anilines is 1. The molecule has 0 saturated carbocycles. The minimum absolute atomic E-state index is 0.0406. The monoisotopic (exact) mass is 279 g/mol. The Hall–Kier alpha value is -2.01. The zero-order chi connectivity index (χ0) is 15.2. The highest BCUT2D eigenvalue weighted by atomic mass is 16.6. The number of carbonyl (C=O) groups excluding carboxylic acids is 1. The molecule has 1 amide bonds. The maximum Gasteiger partial charge on any atom is 0.412 e. The molecule has 5 heteroatoms. The van der Waals surface area contributed by atoms with Crippen LogP contribution in [-0.4, -0.2) is 30.5 Å². The Kier molecular flexibility index (Phi) is 5.58. The molecule has 0 aliphatic carbocycles. The fourth-order valence-corrected chi connectivity index (χ4v) is 1.53. The third kappa shape index (κ3) is 5.32. The van der Waals surface area contributed by atoms with E-state index < -0.39 is 11.7 Å². The smallest absolute Gasteiger partial charge is 0.412 e. The van der Waals surface area contributed by atoms with Crippen molar-refractivity contribution in [1.29, 1.82) is 0 Å². The highest BCUT2D eigenvalue weighted by Gasteiger charge is 2.16. The van der Waals surface area contributed by atoms with E-state index in [0.717, 1.165) is 5.56 Å². The van der Waals surface area contributed by atoms with Gasteiger partial charge in [-0.05, 0) is 32.9 Å². The summed E-state index contributed by atoms with van der Waals surface area (Å²) < 4.78 is 10.4. The summed E-state index contributed by atoms with van der Waals surface area (Å²) in [6.07, 6.45) is 2.84. The lowest BCUT2D eigenvalue weighted by molar-refractivity contribution is 0.0636. The van der Waals surface area contributed by atoms with Crippen LogP contribution in [0.1, 0.15) is 26.3 Å². The summed E-state index contributed by atoms with van der Waals surface area (Å²) in [5.41, 5.74) is 0.853. The number of rotatable bonds is 4. The van der Waals surface area contributed by atoms with Crippen molar-refractivity contribution in [2.24, 2.45) is 0 Å². The number of ether oxygens (including phenoxy) is 2. The first-order chi connectivity index (χ1) is 9.35. The van der Waals surface area contributed by atoms with Crippen LogP contribution in [0.15, 0.2) is 24.3 Å². The van der Waals surface area contributed by atoms with E-state index in [4.69, 9.17) is 14.6 Å². The molecule has 5 nitrogen and oxygen atoms in total. The lowest BCUT2D eigenvalue weighted by Gasteiger charge is -2.20. The summed E-state index contributed by atoms with van der Waals surface area (Å²) >= 11 is 0. The van der Waals surface area contributed by atoms with Crippen molar-refractivity contribution in [3.05, 3.63) is 29.8 Å². The molecule has 0 spiro atoms. The van der Waals surface area contributed by atoms with Gasteiger partial charge in [-0.3, -0.25) is 5.32 Å². The van der Waals surface area contributed by atoms with Crippen LogP contribution in [0.3, 0.4) is 0 Å². The van der Waals surface area contributed by atoms with Crippen LogP contribution in [0.5, 0.6) is 5.75 Å². The predicted molar refractivity (Wildman–Crippen MR) is 79.0 cm³/mol. The standard InChI is InChI=1S/C15H21NO4/c1-15(2,3)20-14(18)16-12-8-7-11(6-5-9-17)13(10-12)19-4/h5-8,10,17H,9H2,1-4H3,(H,16,18)/b6-5+. The summed E-state index contributed by atoms with van der Waals surface area (Å²) in [7, 11) is 1.54. The van der Waals surface area contributed by atoms with Gasteiger partial charge in [-0.2, -0.15) is 0 Å². The minimum atomic E-state index is -0.544. The zero-order valence-corrected chi connectivity index (χ0v) is 12.3. The van der Waals surface area contributed by atoms with Gasteiger partial charge in [0.05, 0.1) is 13.7 Å². The van der Waals surface area contributed by atoms with Crippen LogP contribution < -0.4 is 10.1 Å². The highest BCUT2D eigenvalue weighted by molar-refractivity contribution is 5.85. The summed E-state index contributed by atoms with van der Waals surface area (Å²) in [5, 5.41) is 11.4. The van der Waals surface area contributed by atoms with Crippen LogP contribution in [0, 0.1) is 0 Å². The average molecular weight is 279 g/mol. The zero-order valence-electron chi connectivity index (χ0n) is 12.3. The molecule has 0 unspecified atom stereocenters. The largest absolute Gasteiger partial charge is 0.496 e. The quantitative estimate of drug-likeness (QED) is 0.889. The Labute approximate surface area is 119 Å². The molecule has 0 heterocycles. The number of carbonyl (C=O) groups is 1. The summed E-state index contributed by atoms with van der Waals surface area (Å²) in [5.74, 6) is 0.600. The molecular weight excluding hydrogens is 258 g/mol. The summed E-state index contributed by atoms with van der Waals surface area (Å²) in [6.45, 7) is 5.36. The van der Waals surface area contributed by atoms with Gasteiger partial charge in [0, 0.05) is 17.3 Å². The number of nitrogens with one attached hydrogen (secondary N) is 1. The summed E-state index contributed by atoms with van der Waals surface area (Å²) in [4.78, 5) is 11.7. The molecule has 0 bridgehead atoms. The first-order valence-corrected chi connectivity index (χ1v) is 6.31. The Morgan fingerprint density at radius 3 is 2.65 bits per heavy atom. The van der Waals surface area contributed by atoms with Crippen molar-refractivity contribution < 1.29 is 19.4 Å². The van der Waals surface area contributed by atoms with E-state index in [-0.39, 0.29) is 6.61 Å². The van der Waals surface area contributed by atoms with Gasteiger partial charge >= 0.3 is 6.09 Å². The predicted octanol–water partition coefficient (Wildman–Crippen LogP) is 3.05. The van der Waals surface area contributed by atoms with Gasteiger partial charge in [-0.15, -0.1) is 0 Å². The molecule has 0 radical (unpaired) electrons. The number of aliphatic hydroxyl groups excluding tert-OH is 1. The third-order valence-electron chi connectivity index (χ3n) is 2.28. The molecule has 1 aromatic carbocycles. The van der Waals surface area contributed by atoms with Gasteiger partial charge in [-0.1, -0.05) is 12.2 Å². The molecule has 1 rings (SSSR count). The Bertz CT molecular complexity index is 489. The van der Waals surface area contributed by atoms with Gasteiger partial charge in [0.1, 0.15) is 11.4 Å². The second-order valence-corrected chi connectivity index (χ2v) is 5.17. The second kappa shape index (κ2) is 6.96. The Morgan fingerprint density at radius 2 is 2.10 bits per heavy atom. The van der Waals surface area contributed by atoms with Crippen LogP contribution in [0.25, 0.3) is 6.08 Å². The second-order valence-electron chi connectivity index (χ2n) is 5.17. The Balaban J connectivity index is 2.83. The van der Waals surface area contributed by atoms with E-state index in [1.807, 2.05) is 0 Å². The molecule has 1 aromatic rings. The first-order valence-electron chi connectivity index (χ1n) is 6.31. The van der Waals surface area contributed by atoms with Gasteiger partial charge in [0.25, 0.3) is 0 Å². The topological polar surface area (TPSA) is 67.8 Å². The van der Waals surface area contributed by atoms with E-state index in [0.29, 0.717) is 11.4 Å². The van der Waals surface area contributed by atoms with Crippen LogP contribution in [-0.2, 0) is 4.74 Å². The van der Waals surface area contributed by atoms with Crippen LogP contribution >= 0.6 is 0 Å². The first kappa shape index (κ1) is 16.0. The van der Waals surface area contributed by atoms with E-state index >= 15 is 0 Å². The molecule has 20 heavy (non-hydrogen) atoms. The van der Waals surface area contributed by atoms with Crippen molar-refractivity contribution >= 4 is 17.9 Å². The highest BCUT2D eigenvalue weighted by Crippen LogP contribution is 2.24. The Morgan fingerprint density at radius 1 is 1.40 bits per heavy atom. The number of benzene rings is 1. The van der Waals surface area contributed by atoms with Crippen LogP contribution in [0.4, 0.5) is 10.5 Å². The SMILES string of the molecule is COc1cc(NC(=O)OC(C)(C)C)ccc1/C=C/CO. The van der Waals surface area contributed by atoms with Crippen molar-refractivity contribution in [2.45, 2.75) is 26.4 Å². The lowest BCUT2D eigenvalue weighted by atomic mass is 10.1. The van der Waals surface area contributed by atoms with Crippen molar-refractivity contribution in [1.82, 2.24) is 0 Å². The van der Waals surface area contributed by atoms with Gasteiger partial charge < -0.3 is 14.6 Å². The molecule has 0 aromatic heterocycles. The number of amides is 1. The molecule has 0 atom stereocenters. The van der Waals surface area contributed by atoms with Crippen LogP contribution in [0.2, 0.25) is 0 Å². The molecular formula is C15H21NO4. The van der Waals surface area contributed by atoms with Gasteiger partial charge in [0.15, 0.2) is 0 Å². The van der Waals surface area contributed by atoms with Crippen molar-refractivity contribution in [3.8, 4) is 5.75 Å². The fraction of sp³-hybridized carbons (Fsp3) is 0.400. The van der Waals surface area contributed by atoms with Crippen molar-refractivity contribution in [2.75, 3.05) is 19.0 Å². The lowest BCUT2D eigenvalue weighted by Crippen LogP contribution is -2.27. The van der Waals surface area contributed by atoms with E-state index in [2.05, 4.69) is 5.32 Å². The van der Waals surface area contributed by atoms with Crippen molar-refractivity contribution in [3.63, 3.8) is 0 Å². The maximum atomic E-state index is 11.7. The summed E-state index contributed by atoms with van der Waals surface area (Å²) in [6, 6.07) is 5.22. The van der Waals surface area contributed by atoms with Gasteiger partial charge in [-0.25, -0.2) is 4.79 Å². The number of methoxy groups -OCH3 is 1. The normalized spacial score (nSPS) is 11.4. The van der Waals surface area contributed by atoms with E-state index in [9.17, 15) is 4.79 Å². The number of hydrogen-bond donors (Lipinski definition) is 2. The minimum Gasteiger partial charge on any atom is -0.496 e. The third-order valence-corrected chi connectivity index (χ3v) is 2.28. The number of aliphatic hydroxyl groups is 1. The van der Waals surface area contributed by atoms with Gasteiger partial charge in [0.2, 0.25) is 0 Å². The molecule has 110 valence electrons. The molecule has 2 N–H and O–H groups in total. The van der Waals surface area contributed by atoms with E-state index in [1.165, 1.54) is 0 Å².